The van der Waals surface area contributed by atoms with Crippen molar-refractivity contribution in [2.75, 3.05) is 5.32 Å². The van der Waals surface area contributed by atoms with Crippen LogP contribution in [0.3, 0.4) is 0 Å². The highest BCUT2D eigenvalue weighted by Gasteiger charge is 2.14. The third kappa shape index (κ3) is 4.39. The summed E-state index contributed by atoms with van der Waals surface area (Å²) in [5.74, 6) is 2.45. The van der Waals surface area contributed by atoms with Crippen LogP contribution in [0.2, 0.25) is 0 Å². The van der Waals surface area contributed by atoms with Crippen LogP contribution in [0, 0.1) is 13.8 Å². The second-order valence-corrected chi connectivity index (χ2v) is 6.01. The fraction of sp³-hybridized carbons (Fsp3) is 0.143. The SMILES string of the molecule is C=Nc1cc(C)ccn1.Cc1ccnc(NC2=NCc3ccccc32)c1. The minimum atomic E-state index is 0.690. The number of pyridine rings is 2. The van der Waals surface area contributed by atoms with E-state index in [2.05, 4.69) is 51.0 Å². The molecule has 0 aliphatic carbocycles. The molecule has 3 aromatic rings. The first-order chi connectivity index (χ1) is 12.7. The normalized spacial score (nSPS) is 11.7. The molecule has 0 atom stereocenters. The lowest BCUT2D eigenvalue weighted by atomic mass is 10.1. The molecular weight excluding hydrogens is 322 g/mol. The van der Waals surface area contributed by atoms with Gasteiger partial charge in [-0.2, -0.15) is 0 Å². The van der Waals surface area contributed by atoms with E-state index in [9.17, 15) is 0 Å². The Bertz CT molecular complexity index is 946. The predicted octanol–water partition coefficient (Wildman–Crippen LogP) is 4.48. The molecule has 26 heavy (non-hydrogen) atoms. The van der Waals surface area contributed by atoms with Crippen molar-refractivity contribution in [1.82, 2.24) is 9.97 Å². The topological polar surface area (TPSA) is 62.5 Å². The van der Waals surface area contributed by atoms with Crippen LogP contribution in [-0.4, -0.2) is 22.5 Å². The molecule has 0 saturated heterocycles. The zero-order valence-electron chi connectivity index (χ0n) is 15.0. The lowest BCUT2D eigenvalue weighted by molar-refractivity contribution is 1.11. The Morgan fingerprint density at radius 1 is 0.962 bits per heavy atom. The quantitative estimate of drug-likeness (QED) is 0.698. The number of hydrogen-bond acceptors (Lipinski definition) is 5. The maximum atomic E-state index is 4.49. The third-order valence-corrected chi connectivity index (χ3v) is 3.90. The number of nitrogens with one attached hydrogen (secondary N) is 1. The van der Waals surface area contributed by atoms with Crippen LogP contribution in [0.1, 0.15) is 22.3 Å². The molecular formula is C21H21N5. The largest absolute Gasteiger partial charge is 0.325 e. The van der Waals surface area contributed by atoms with Gasteiger partial charge in [0.15, 0.2) is 5.82 Å². The molecule has 0 bridgehead atoms. The van der Waals surface area contributed by atoms with E-state index in [0.29, 0.717) is 5.82 Å². The number of aliphatic imine (C=N–C) groups is 2. The molecule has 0 saturated carbocycles. The Hall–Kier alpha value is -3.34. The van der Waals surface area contributed by atoms with Gasteiger partial charge in [-0.05, 0) is 61.5 Å². The van der Waals surface area contributed by atoms with Crippen molar-refractivity contribution in [3.05, 3.63) is 83.2 Å². The van der Waals surface area contributed by atoms with Crippen molar-refractivity contribution < 1.29 is 0 Å². The Balaban J connectivity index is 0.000000185. The summed E-state index contributed by atoms with van der Waals surface area (Å²) < 4.78 is 0. The van der Waals surface area contributed by atoms with Crippen molar-refractivity contribution in [2.45, 2.75) is 20.4 Å². The smallest absolute Gasteiger partial charge is 0.151 e. The summed E-state index contributed by atoms with van der Waals surface area (Å²) in [7, 11) is 0. The van der Waals surface area contributed by atoms with Crippen molar-refractivity contribution in [3.8, 4) is 0 Å². The average molecular weight is 343 g/mol. The molecule has 5 nitrogen and oxygen atoms in total. The first-order valence-corrected chi connectivity index (χ1v) is 8.37. The Morgan fingerprint density at radius 2 is 1.69 bits per heavy atom. The van der Waals surface area contributed by atoms with Gasteiger partial charge in [-0.1, -0.05) is 24.3 Å². The van der Waals surface area contributed by atoms with Gasteiger partial charge in [-0.3, -0.25) is 4.99 Å². The van der Waals surface area contributed by atoms with E-state index in [-0.39, 0.29) is 0 Å². The number of amidine groups is 1. The summed E-state index contributed by atoms with van der Waals surface area (Å²) in [4.78, 5) is 16.4. The highest BCUT2D eigenvalue weighted by atomic mass is 15.1. The van der Waals surface area contributed by atoms with E-state index < -0.39 is 0 Å². The Labute approximate surface area is 153 Å². The van der Waals surface area contributed by atoms with Crippen molar-refractivity contribution in [2.24, 2.45) is 9.98 Å². The van der Waals surface area contributed by atoms with E-state index in [1.807, 2.05) is 43.3 Å². The van der Waals surface area contributed by atoms with Gasteiger partial charge in [0, 0.05) is 18.0 Å². The zero-order chi connectivity index (χ0) is 18.4. The van der Waals surface area contributed by atoms with Crippen LogP contribution in [0.5, 0.6) is 0 Å². The van der Waals surface area contributed by atoms with E-state index in [1.165, 1.54) is 16.7 Å². The molecule has 0 unspecified atom stereocenters. The summed E-state index contributed by atoms with van der Waals surface area (Å²) in [6.45, 7) is 8.16. The molecule has 2 aromatic heterocycles. The number of hydrogen-bond donors (Lipinski definition) is 1. The van der Waals surface area contributed by atoms with Gasteiger partial charge in [-0.15, -0.1) is 0 Å². The van der Waals surface area contributed by atoms with Crippen LogP contribution < -0.4 is 5.32 Å². The number of aryl methyl sites for hydroxylation is 2. The fourth-order valence-electron chi connectivity index (χ4n) is 2.58. The lowest BCUT2D eigenvalue weighted by Gasteiger charge is -2.06. The molecule has 1 aliphatic rings. The maximum absolute atomic E-state index is 4.49. The van der Waals surface area contributed by atoms with Crippen LogP contribution in [0.25, 0.3) is 0 Å². The number of benzene rings is 1. The van der Waals surface area contributed by atoms with Crippen LogP contribution in [-0.2, 0) is 6.54 Å². The van der Waals surface area contributed by atoms with Crippen molar-refractivity contribution >= 4 is 24.2 Å². The van der Waals surface area contributed by atoms with Crippen LogP contribution in [0.15, 0.2) is 70.9 Å². The number of rotatable bonds is 2. The molecule has 0 amide bonds. The zero-order valence-corrected chi connectivity index (χ0v) is 15.0. The third-order valence-electron chi connectivity index (χ3n) is 3.90. The fourth-order valence-corrected chi connectivity index (χ4v) is 2.58. The molecule has 1 aliphatic heterocycles. The van der Waals surface area contributed by atoms with E-state index in [4.69, 9.17) is 0 Å². The maximum Gasteiger partial charge on any atom is 0.151 e. The molecule has 0 spiro atoms. The van der Waals surface area contributed by atoms with Crippen LogP contribution >= 0.6 is 0 Å². The Kier molecular flexibility index (Phi) is 5.49. The van der Waals surface area contributed by atoms with Gasteiger partial charge in [0.2, 0.25) is 0 Å². The summed E-state index contributed by atoms with van der Waals surface area (Å²) in [6.07, 6.45) is 3.53. The molecule has 4 rings (SSSR count). The number of fused-ring (bicyclic) bond motifs is 1. The van der Waals surface area contributed by atoms with E-state index in [1.54, 1.807) is 12.4 Å². The van der Waals surface area contributed by atoms with Gasteiger partial charge in [0.05, 0.1) is 6.54 Å². The van der Waals surface area contributed by atoms with E-state index in [0.717, 1.165) is 23.8 Å². The number of anilines is 1. The summed E-state index contributed by atoms with van der Waals surface area (Å²) >= 11 is 0. The summed E-state index contributed by atoms with van der Waals surface area (Å²) in [5.41, 5.74) is 4.79. The predicted molar refractivity (Wildman–Crippen MR) is 107 cm³/mol. The molecule has 1 aromatic carbocycles. The molecule has 3 heterocycles. The molecule has 5 heteroatoms. The molecule has 130 valence electrons. The number of nitrogens with zero attached hydrogens (tertiary/aromatic N) is 4. The standard InChI is InChI=1S/C14H13N3.C7H8N2/c1-10-6-7-15-13(8-10)17-14-12-5-3-2-4-11(12)9-16-14;1-6-3-4-9-7(5-6)8-2/h2-8H,9H2,1H3,(H,15,16,17);3-5H,2H2,1H3. The van der Waals surface area contributed by atoms with Gasteiger partial charge >= 0.3 is 0 Å². The molecule has 0 fully saturated rings. The first kappa shape index (κ1) is 17.5. The summed E-state index contributed by atoms with van der Waals surface area (Å²) in [6, 6.07) is 16.1. The van der Waals surface area contributed by atoms with Gasteiger partial charge in [-0.25, -0.2) is 15.0 Å². The monoisotopic (exact) mass is 343 g/mol. The lowest BCUT2D eigenvalue weighted by Crippen LogP contribution is -2.12. The van der Waals surface area contributed by atoms with Gasteiger partial charge in [0.25, 0.3) is 0 Å². The van der Waals surface area contributed by atoms with Crippen LogP contribution in [0.4, 0.5) is 11.6 Å². The number of aromatic nitrogens is 2. The van der Waals surface area contributed by atoms with Crippen molar-refractivity contribution in [3.63, 3.8) is 0 Å². The average Bonchev–Trinajstić information content (AvgIpc) is 3.05. The minimum Gasteiger partial charge on any atom is -0.325 e. The summed E-state index contributed by atoms with van der Waals surface area (Å²) in [5, 5.41) is 3.28. The highest BCUT2D eigenvalue weighted by molar-refractivity contribution is 6.10. The van der Waals surface area contributed by atoms with Gasteiger partial charge in [0.1, 0.15) is 11.7 Å². The van der Waals surface area contributed by atoms with Gasteiger partial charge < -0.3 is 5.32 Å². The van der Waals surface area contributed by atoms with E-state index >= 15 is 0 Å². The molecule has 1 N–H and O–H groups in total. The minimum absolute atomic E-state index is 0.690. The second kappa shape index (κ2) is 8.16. The Morgan fingerprint density at radius 3 is 2.38 bits per heavy atom. The molecule has 0 radical (unpaired) electrons. The van der Waals surface area contributed by atoms with Crippen molar-refractivity contribution in [1.29, 1.82) is 0 Å². The second-order valence-electron chi connectivity index (χ2n) is 6.01. The first-order valence-electron chi connectivity index (χ1n) is 8.37. The highest BCUT2D eigenvalue weighted by Crippen LogP contribution is 2.19.